The second-order valence-corrected chi connectivity index (χ2v) is 10.6. The second kappa shape index (κ2) is 12.3. The molecule has 0 saturated carbocycles. The Bertz CT molecular complexity index is 1620. The molecule has 0 spiro atoms. The van der Waals surface area contributed by atoms with Crippen LogP contribution in [0.2, 0.25) is 5.02 Å². The Hall–Kier alpha value is -4.55. The van der Waals surface area contributed by atoms with Crippen molar-refractivity contribution in [3.63, 3.8) is 0 Å². The van der Waals surface area contributed by atoms with Gasteiger partial charge in [0.05, 0.1) is 36.4 Å². The molecule has 0 aliphatic carbocycles. The van der Waals surface area contributed by atoms with Crippen LogP contribution in [-0.4, -0.2) is 35.2 Å². The van der Waals surface area contributed by atoms with Crippen LogP contribution in [0.25, 0.3) is 11.1 Å². The highest BCUT2D eigenvalue weighted by Crippen LogP contribution is 2.36. The van der Waals surface area contributed by atoms with Gasteiger partial charge >= 0.3 is 0 Å². The van der Waals surface area contributed by atoms with Crippen LogP contribution < -0.4 is 15.0 Å². The summed E-state index contributed by atoms with van der Waals surface area (Å²) in [6.45, 7) is 3.17. The van der Waals surface area contributed by atoms with E-state index >= 15 is 0 Å². The summed E-state index contributed by atoms with van der Waals surface area (Å²) in [5.74, 6) is 0.493. The van der Waals surface area contributed by atoms with Crippen LogP contribution in [0.3, 0.4) is 0 Å². The van der Waals surface area contributed by atoms with Crippen molar-refractivity contribution in [2.75, 3.05) is 24.6 Å². The third-order valence-electron chi connectivity index (χ3n) is 7.37. The maximum atomic E-state index is 13.1. The van der Waals surface area contributed by atoms with Crippen molar-refractivity contribution in [3.05, 3.63) is 137 Å². The molecule has 1 aliphatic rings. The first-order valence-electron chi connectivity index (χ1n) is 13.8. The summed E-state index contributed by atoms with van der Waals surface area (Å²) in [6.07, 6.45) is 4.52. The van der Waals surface area contributed by atoms with Crippen molar-refractivity contribution >= 4 is 23.2 Å². The third kappa shape index (κ3) is 6.28. The van der Waals surface area contributed by atoms with Crippen LogP contribution in [0.4, 0.5) is 5.69 Å². The lowest BCUT2D eigenvalue weighted by Crippen LogP contribution is -2.34. The van der Waals surface area contributed by atoms with Gasteiger partial charge in [0.25, 0.3) is 5.91 Å². The third-order valence-corrected chi connectivity index (χ3v) is 7.62. The summed E-state index contributed by atoms with van der Waals surface area (Å²) in [6, 6.07) is 32.5. The molecule has 1 aliphatic heterocycles. The van der Waals surface area contributed by atoms with Crippen molar-refractivity contribution in [2.24, 2.45) is 0 Å². The topological polar surface area (TPSA) is 59.4 Å². The summed E-state index contributed by atoms with van der Waals surface area (Å²) < 4.78 is 8.22. The van der Waals surface area contributed by atoms with Crippen molar-refractivity contribution < 1.29 is 9.53 Å². The van der Waals surface area contributed by atoms with Crippen molar-refractivity contribution in [1.29, 1.82) is 0 Å². The number of amides is 1. The van der Waals surface area contributed by atoms with Crippen LogP contribution in [-0.2, 0) is 19.5 Å². The molecule has 1 aromatic heterocycles. The lowest BCUT2D eigenvalue weighted by molar-refractivity contribution is 0.0949. The van der Waals surface area contributed by atoms with E-state index in [1.807, 2.05) is 61.1 Å². The number of anilines is 1. The summed E-state index contributed by atoms with van der Waals surface area (Å²) in [5, 5.41) is 3.74. The Morgan fingerprint density at radius 1 is 0.854 bits per heavy atom. The highest BCUT2D eigenvalue weighted by Gasteiger charge is 2.24. The van der Waals surface area contributed by atoms with Crippen LogP contribution >= 0.6 is 11.6 Å². The molecule has 206 valence electrons. The molecule has 41 heavy (non-hydrogen) atoms. The van der Waals surface area contributed by atoms with E-state index in [2.05, 4.69) is 68.3 Å². The van der Waals surface area contributed by atoms with Crippen LogP contribution in [0, 0.1) is 0 Å². The van der Waals surface area contributed by atoms with Gasteiger partial charge in [-0.1, -0.05) is 84.4 Å². The van der Waals surface area contributed by atoms with Crippen LogP contribution in [0.1, 0.15) is 27.2 Å². The molecule has 0 radical (unpaired) electrons. The zero-order chi connectivity index (χ0) is 28.0. The standard InChI is InChI=1S/C34H31ClN4O2/c35-29-15-11-25(12-16-29)17-18-37-34(40)31-7-4-8-32-33(31)41-20-19-38(32)23-30-21-36-24-39(30)22-26-9-13-28(14-10-26)27-5-2-1-3-6-27/h1-16,21,24H,17-20,22-23H2,(H,37,40). The highest BCUT2D eigenvalue weighted by atomic mass is 35.5. The average Bonchev–Trinajstić information content (AvgIpc) is 3.45. The van der Waals surface area contributed by atoms with Gasteiger partial charge in [-0.05, 0) is 52.9 Å². The van der Waals surface area contributed by atoms with Crippen molar-refractivity contribution in [3.8, 4) is 16.9 Å². The number of imidazole rings is 1. The quantitative estimate of drug-likeness (QED) is 0.219. The molecule has 0 saturated heterocycles. The monoisotopic (exact) mass is 562 g/mol. The van der Waals surface area contributed by atoms with Crippen LogP contribution in [0.5, 0.6) is 5.75 Å². The Morgan fingerprint density at radius 2 is 1.61 bits per heavy atom. The normalized spacial score (nSPS) is 12.5. The maximum absolute atomic E-state index is 13.1. The van der Waals surface area contributed by atoms with E-state index in [-0.39, 0.29) is 5.91 Å². The minimum Gasteiger partial charge on any atom is -0.489 e. The van der Waals surface area contributed by atoms with Crippen molar-refractivity contribution in [2.45, 2.75) is 19.5 Å². The molecule has 0 unspecified atom stereocenters. The lowest BCUT2D eigenvalue weighted by Gasteiger charge is -2.32. The lowest BCUT2D eigenvalue weighted by atomic mass is 10.0. The molecular weight excluding hydrogens is 532 g/mol. The molecule has 6 nitrogen and oxygen atoms in total. The smallest absolute Gasteiger partial charge is 0.255 e. The zero-order valence-electron chi connectivity index (χ0n) is 22.7. The Balaban J connectivity index is 1.12. The summed E-state index contributed by atoms with van der Waals surface area (Å²) >= 11 is 5.98. The number of nitrogens with zero attached hydrogens (tertiary/aromatic N) is 3. The van der Waals surface area contributed by atoms with Gasteiger partial charge in [-0.2, -0.15) is 0 Å². The van der Waals surface area contributed by atoms with Gasteiger partial charge < -0.3 is 19.5 Å². The first-order chi connectivity index (χ1) is 20.1. The molecule has 7 heteroatoms. The van der Waals surface area contributed by atoms with Gasteiger partial charge in [0.15, 0.2) is 5.75 Å². The average molecular weight is 563 g/mol. The number of carbonyl (C=O) groups excluding carboxylic acids is 1. The SMILES string of the molecule is O=C(NCCc1ccc(Cl)cc1)c1cccc2c1OCCN2Cc1cncn1Cc1ccc(-c2ccccc2)cc1. The van der Waals surface area contributed by atoms with E-state index in [9.17, 15) is 4.79 Å². The summed E-state index contributed by atoms with van der Waals surface area (Å²) in [4.78, 5) is 19.8. The predicted molar refractivity (Wildman–Crippen MR) is 164 cm³/mol. The van der Waals surface area contributed by atoms with E-state index in [4.69, 9.17) is 16.3 Å². The molecule has 1 amide bonds. The molecule has 1 N–H and O–H groups in total. The number of fused-ring (bicyclic) bond motifs is 1. The highest BCUT2D eigenvalue weighted by molar-refractivity contribution is 6.30. The van der Waals surface area contributed by atoms with E-state index in [1.165, 1.54) is 16.7 Å². The minimum atomic E-state index is -0.137. The molecule has 2 heterocycles. The van der Waals surface area contributed by atoms with Gasteiger partial charge in [-0.3, -0.25) is 4.79 Å². The zero-order valence-corrected chi connectivity index (χ0v) is 23.4. The van der Waals surface area contributed by atoms with Gasteiger partial charge in [0.1, 0.15) is 6.61 Å². The fourth-order valence-corrected chi connectivity index (χ4v) is 5.29. The van der Waals surface area contributed by atoms with Gasteiger partial charge in [0.2, 0.25) is 0 Å². The first-order valence-corrected chi connectivity index (χ1v) is 14.2. The number of nitrogens with one attached hydrogen (secondary N) is 1. The number of hydrogen-bond acceptors (Lipinski definition) is 4. The molecule has 4 aromatic carbocycles. The number of benzene rings is 4. The van der Waals surface area contributed by atoms with Gasteiger partial charge in [0, 0.05) is 24.3 Å². The minimum absolute atomic E-state index is 0.137. The summed E-state index contributed by atoms with van der Waals surface area (Å²) in [7, 11) is 0. The van der Waals surface area contributed by atoms with Crippen LogP contribution in [0.15, 0.2) is 110 Å². The van der Waals surface area contributed by atoms with Gasteiger partial charge in [-0.25, -0.2) is 4.98 Å². The number of rotatable bonds is 9. The molecular formula is C34H31ClN4O2. The van der Waals surface area contributed by atoms with Crippen molar-refractivity contribution in [1.82, 2.24) is 14.9 Å². The molecule has 0 atom stereocenters. The van der Waals surface area contributed by atoms with Gasteiger partial charge in [-0.15, -0.1) is 0 Å². The number of hydrogen-bond donors (Lipinski definition) is 1. The maximum Gasteiger partial charge on any atom is 0.255 e. The molecule has 5 aromatic rings. The Kier molecular flexibility index (Phi) is 8.01. The number of ether oxygens (including phenoxy) is 1. The van der Waals surface area contributed by atoms with E-state index in [0.717, 1.165) is 36.5 Å². The van der Waals surface area contributed by atoms with E-state index < -0.39 is 0 Å². The Morgan fingerprint density at radius 3 is 2.41 bits per heavy atom. The largest absolute Gasteiger partial charge is 0.489 e. The van der Waals surface area contributed by atoms with E-state index in [0.29, 0.717) is 36.0 Å². The Labute approximate surface area is 245 Å². The molecule has 0 fully saturated rings. The number of aromatic nitrogens is 2. The fourth-order valence-electron chi connectivity index (χ4n) is 5.16. The number of halogens is 1. The second-order valence-electron chi connectivity index (χ2n) is 10.1. The molecule has 0 bridgehead atoms. The first kappa shape index (κ1) is 26.7. The number of para-hydroxylation sites is 1. The number of carbonyl (C=O) groups is 1. The van der Waals surface area contributed by atoms with E-state index in [1.54, 1.807) is 0 Å². The molecule has 6 rings (SSSR count). The summed E-state index contributed by atoms with van der Waals surface area (Å²) in [5.41, 5.74) is 7.32. The fraction of sp³-hybridized carbons (Fsp3) is 0.176. The predicted octanol–water partition coefficient (Wildman–Crippen LogP) is 6.62.